The number of nitrogens with zero attached hydrogens (tertiary/aromatic N) is 1. The van der Waals surface area contributed by atoms with E-state index in [1.54, 1.807) is 0 Å². The number of hydrogen-bond acceptors (Lipinski definition) is 4. The molecular formula is C11H20N2O2. The van der Waals surface area contributed by atoms with Gasteiger partial charge in [-0.1, -0.05) is 0 Å². The quantitative estimate of drug-likeness (QED) is 0.705. The van der Waals surface area contributed by atoms with Crippen molar-refractivity contribution in [2.45, 2.75) is 31.1 Å². The molecule has 3 fully saturated rings. The van der Waals surface area contributed by atoms with Gasteiger partial charge in [-0.2, -0.15) is 0 Å². The molecule has 0 radical (unpaired) electrons. The van der Waals surface area contributed by atoms with Gasteiger partial charge in [0.2, 0.25) is 0 Å². The van der Waals surface area contributed by atoms with Crippen molar-refractivity contribution in [1.82, 2.24) is 4.90 Å². The maximum atomic E-state index is 5.98. The maximum absolute atomic E-state index is 5.98. The summed E-state index contributed by atoms with van der Waals surface area (Å²) in [5.41, 5.74) is 5.69. The van der Waals surface area contributed by atoms with Crippen LogP contribution in [-0.4, -0.2) is 56.0 Å². The van der Waals surface area contributed by atoms with Crippen molar-refractivity contribution in [3.8, 4) is 0 Å². The summed E-state index contributed by atoms with van der Waals surface area (Å²) in [7, 11) is 0. The normalized spacial score (nSPS) is 45.4. The Balaban J connectivity index is 1.49. The van der Waals surface area contributed by atoms with E-state index < -0.39 is 0 Å². The van der Waals surface area contributed by atoms with Crippen LogP contribution in [0.1, 0.15) is 12.8 Å². The van der Waals surface area contributed by atoms with Crippen LogP contribution in [0.3, 0.4) is 0 Å². The van der Waals surface area contributed by atoms with Gasteiger partial charge in [-0.15, -0.1) is 0 Å². The first-order chi connectivity index (χ1) is 7.36. The van der Waals surface area contributed by atoms with Crippen LogP contribution in [0, 0.1) is 5.92 Å². The van der Waals surface area contributed by atoms with Crippen molar-refractivity contribution in [1.29, 1.82) is 0 Å². The van der Waals surface area contributed by atoms with Crippen LogP contribution in [0.5, 0.6) is 0 Å². The van der Waals surface area contributed by atoms with E-state index in [1.165, 1.54) is 19.4 Å². The first kappa shape index (κ1) is 10.0. The van der Waals surface area contributed by atoms with Crippen LogP contribution in [0.25, 0.3) is 0 Å². The molecule has 0 aliphatic carbocycles. The molecule has 3 aliphatic heterocycles. The van der Waals surface area contributed by atoms with Crippen LogP contribution in [-0.2, 0) is 9.47 Å². The van der Waals surface area contributed by atoms with Gasteiger partial charge in [0.1, 0.15) is 0 Å². The third-order valence-corrected chi connectivity index (χ3v) is 4.05. The van der Waals surface area contributed by atoms with E-state index in [0.717, 1.165) is 26.3 Å². The number of rotatable bonds is 3. The summed E-state index contributed by atoms with van der Waals surface area (Å²) < 4.78 is 11.4. The predicted octanol–water partition coefficient (Wildman–Crippen LogP) is -0.177. The molecule has 0 aromatic heterocycles. The second-order valence-electron chi connectivity index (χ2n) is 5.00. The fourth-order valence-electron chi connectivity index (χ4n) is 2.97. The zero-order valence-corrected chi connectivity index (χ0v) is 9.10. The van der Waals surface area contributed by atoms with E-state index in [0.29, 0.717) is 24.2 Å². The molecular weight excluding hydrogens is 192 g/mol. The van der Waals surface area contributed by atoms with Gasteiger partial charge < -0.3 is 15.2 Å². The first-order valence-electron chi connectivity index (χ1n) is 6.04. The molecule has 15 heavy (non-hydrogen) atoms. The Morgan fingerprint density at radius 3 is 2.93 bits per heavy atom. The Labute approximate surface area is 90.7 Å². The number of hydrogen-bond donors (Lipinski definition) is 1. The molecule has 2 N–H and O–H groups in total. The predicted molar refractivity (Wildman–Crippen MR) is 56.6 cm³/mol. The van der Waals surface area contributed by atoms with Crippen molar-refractivity contribution in [3.05, 3.63) is 0 Å². The van der Waals surface area contributed by atoms with Gasteiger partial charge in [0.05, 0.1) is 25.4 Å². The highest BCUT2D eigenvalue weighted by atomic mass is 16.6. The Kier molecular flexibility index (Phi) is 2.68. The van der Waals surface area contributed by atoms with Crippen molar-refractivity contribution < 1.29 is 9.47 Å². The molecule has 0 spiro atoms. The van der Waals surface area contributed by atoms with Gasteiger partial charge in [-0.05, 0) is 12.8 Å². The molecule has 0 bridgehead atoms. The summed E-state index contributed by atoms with van der Waals surface area (Å²) in [5.74, 6) is 0.660. The second kappa shape index (κ2) is 4.01. The van der Waals surface area contributed by atoms with Gasteiger partial charge in [0, 0.05) is 31.6 Å². The summed E-state index contributed by atoms with van der Waals surface area (Å²) in [4.78, 5) is 2.46. The lowest BCUT2D eigenvalue weighted by Gasteiger charge is -2.41. The fourth-order valence-corrected chi connectivity index (χ4v) is 2.97. The van der Waals surface area contributed by atoms with E-state index in [4.69, 9.17) is 15.2 Å². The number of nitrogens with two attached hydrogens (primary N) is 1. The van der Waals surface area contributed by atoms with Gasteiger partial charge in [-0.25, -0.2) is 0 Å². The molecule has 0 aromatic carbocycles. The van der Waals surface area contributed by atoms with E-state index in [2.05, 4.69) is 4.90 Å². The average Bonchev–Trinajstić information content (AvgIpc) is 2.72. The largest absolute Gasteiger partial charge is 0.378 e. The minimum atomic E-state index is 0.382. The second-order valence-corrected chi connectivity index (χ2v) is 5.00. The van der Waals surface area contributed by atoms with Crippen molar-refractivity contribution >= 4 is 0 Å². The third kappa shape index (κ3) is 1.80. The highest BCUT2D eigenvalue weighted by Gasteiger charge is 2.41. The van der Waals surface area contributed by atoms with Crippen molar-refractivity contribution in [3.63, 3.8) is 0 Å². The summed E-state index contributed by atoms with van der Waals surface area (Å²) in [6.07, 6.45) is 3.25. The fraction of sp³-hybridized carbons (Fsp3) is 1.00. The number of ether oxygens (including phenoxy) is 2. The van der Waals surface area contributed by atoms with Gasteiger partial charge in [0.25, 0.3) is 0 Å². The highest BCUT2D eigenvalue weighted by molar-refractivity contribution is 4.91. The molecule has 2 unspecified atom stereocenters. The number of likely N-dealkylation sites (tertiary alicyclic amines) is 1. The minimum absolute atomic E-state index is 0.382. The smallest absolute Gasteiger partial charge is 0.0863 e. The molecule has 3 heterocycles. The van der Waals surface area contributed by atoms with Crippen LogP contribution < -0.4 is 5.73 Å². The Morgan fingerprint density at radius 2 is 2.27 bits per heavy atom. The van der Waals surface area contributed by atoms with Crippen LogP contribution >= 0.6 is 0 Å². The van der Waals surface area contributed by atoms with Crippen molar-refractivity contribution in [2.75, 3.05) is 32.8 Å². The SMILES string of the molecule is NCC1CCN1CC1C[C@H]2COC[C@H]2O1. The minimum Gasteiger partial charge on any atom is -0.378 e. The lowest BCUT2D eigenvalue weighted by molar-refractivity contribution is -0.0211. The molecule has 4 heteroatoms. The zero-order valence-electron chi connectivity index (χ0n) is 9.10. The zero-order chi connectivity index (χ0) is 10.3. The Morgan fingerprint density at radius 1 is 1.33 bits per heavy atom. The molecule has 4 nitrogen and oxygen atoms in total. The number of fused-ring (bicyclic) bond motifs is 1. The lowest BCUT2D eigenvalue weighted by Crippen LogP contribution is -2.54. The van der Waals surface area contributed by atoms with Crippen molar-refractivity contribution in [2.24, 2.45) is 11.7 Å². The highest BCUT2D eigenvalue weighted by Crippen LogP contribution is 2.32. The maximum Gasteiger partial charge on any atom is 0.0863 e. The standard InChI is InChI=1S/C11H20N2O2/c12-4-9-1-2-13(9)5-10-3-8-6-14-7-11(8)15-10/h8-11H,1-7,12H2/t8-,9?,10?,11+/m0/s1. The van der Waals surface area contributed by atoms with E-state index in [-0.39, 0.29) is 0 Å². The molecule has 86 valence electrons. The molecule has 3 rings (SSSR count). The molecule has 0 saturated carbocycles. The lowest BCUT2D eigenvalue weighted by atomic mass is 9.99. The van der Waals surface area contributed by atoms with E-state index >= 15 is 0 Å². The third-order valence-electron chi connectivity index (χ3n) is 4.05. The van der Waals surface area contributed by atoms with Crippen LogP contribution in [0.4, 0.5) is 0 Å². The Hall–Kier alpha value is -0.160. The molecule has 3 saturated heterocycles. The van der Waals surface area contributed by atoms with E-state index in [1.807, 2.05) is 0 Å². The molecule has 4 atom stereocenters. The topological polar surface area (TPSA) is 47.7 Å². The van der Waals surface area contributed by atoms with Crippen LogP contribution in [0.15, 0.2) is 0 Å². The summed E-state index contributed by atoms with van der Waals surface area (Å²) in [5, 5.41) is 0. The summed E-state index contributed by atoms with van der Waals surface area (Å²) in [6, 6.07) is 0.616. The monoisotopic (exact) mass is 212 g/mol. The van der Waals surface area contributed by atoms with E-state index in [9.17, 15) is 0 Å². The van der Waals surface area contributed by atoms with Gasteiger partial charge in [0.15, 0.2) is 0 Å². The first-order valence-corrected chi connectivity index (χ1v) is 6.04. The average molecular weight is 212 g/mol. The summed E-state index contributed by atoms with van der Waals surface area (Å²) in [6.45, 7) is 4.79. The Bertz CT molecular complexity index is 223. The van der Waals surface area contributed by atoms with Gasteiger partial charge >= 0.3 is 0 Å². The van der Waals surface area contributed by atoms with Gasteiger partial charge in [-0.3, -0.25) is 4.90 Å². The molecule has 0 aromatic rings. The molecule has 3 aliphatic rings. The summed E-state index contributed by atoms with van der Waals surface area (Å²) >= 11 is 0. The molecule has 0 amide bonds. The van der Waals surface area contributed by atoms with Crippen LogP contribution in [0.2, 0.25) is 0 Å².